The molecule has 17 heavy (non-hydrogen) atoms. The van der Waals surface area contributed by atoms with Gasteiger partial charge in [0.2, 0.25) is 0 Å². The van der Waals surface area contributed by atoms with E-state index in [1.807, 2.05) is 12.1 Å². The van der Waals surface area contributed by atoms with E-state index in [9.17, 15) is 4.79 Å². The van der Waals surface area contributed by atoms with Crippen LogP contribution in [0.1, 0.15) is 0 Å². The van der Waals surface area contributed by atoms with Gasteiger partial charge >= 0.3 is 0 Å². The van der Waals surface area contributed by atoms with Crippen molar-refractivity contribution in [1.82, 2.24) is 4.98 Å². The van der Waals surface area contributed by atoms with E-state index in [0.29, 0.717) is 11.5 Å². The third-order valence-electron chi connectivity index (χ3n) is 2.44. The molecule has 88 valence electrons. The number of ether oxygens (including phenoxy) is 2. The highest BCUT2D eigenvalue weighted by Crippen LogP contribution is 2.27. The van der Waals surface area contributed by atoms with Gasteiger partial charge in [-0.05, 0) is 12.1 Å². The van der Waals surface area contributed by atoms with Crippen molar-refractivity contribution >= 4 is 0 Å². The summed E-state index contributed by atoms with van der Waals surface area (Å²) < 4.78 is 10.4. The molecule has 0 aliphatic carbocycles. The van der Waals surface area contributed by atoms with Crippen molar-refractivity contribution in [3.05, 3.63) is 46.8 Å². The van der Waals surface area contributed by atoms with E-state index in [-0.39, 0.29) is 5.43 Å². The highest BCUT2D eigenvalue weighted by atomic mass is 16.5. The molecule has 0 saturated carbocycles. The molecule has 4 heteroatoms. The molecule has 0 fully saturated rings. The highest BCUT2D eigenvalue weighted by Gasteiger charge is 2.04. The summed E-state index contributed by atoms with van der Waals surface area (Å²) in [7, 11) is 3.18. The Bertz CT molecular complexity index is 553. The Labute approximate surface area is 98.8 Å². The van der Waals surface area contributed by atoms with Gasteiger partial charge in [0.25, 0.3) is 0 Å². The second-order valence-corrected chi connectivity index (χ2v) is 3.54. The molecule has 0 radical (unpaired) electrons. The lowest BCUT2D eigenvalue weighted by Gasteiger charge is -2.08. The minimum Gasteiger partial charge on any atom is -0.497 e. The van der Waals surface area contributed by atoms with Crippen LogP contribution in [0.25, 0.3) is 11.3 Å². The van der Waals surface area contributed by atoms with Crippen molar-refractivity contribution in [2.45, 2.75) is 0 Å². The smallest absolute Gasteiger partial charge is 0.182 e. The van der Waals surface area contributed by atoms with Crippen LogP contribution in [0.5, 0.6) is 11.5 Å². The van der Waals surface area contributed by atoms with E-state index in [1.54, 1.807) is 26.5 Å². The van der Waals surface area contributed by atoms with E-state index in [1.165, 1.54) is 12.1 Å². The molecule has 1 aromatic heterocycles. The Kier molecular flexibility index (Phi) is 3.14. The standard InChI is InChI=1S/C13H13NO3/c1-16-11-5-9(6-12(8-11)17-2)13-7-10(15)3-4-14-13/h3-8H,1-2H3,(H,14,15). The molecule has 1 aromatic carbocycles. The van der Waals surface area contributed by atoms with E-state index in [0.717, 1.165) is 11.3 Å². The Morgan fingerprint density at radius 3 is 2.18 bits per heavy atom. The Morgan fingerprint density at radius 2 is 1.65 bits per heavy atom. The second kappa shape index (κ2) is 4.74. The van der Waals surface area contributed by atoms with Crippen molar-refractivity contribution in [3.63, 3.8) is 0 Å². The van der Waals surface area contributed by atoms with Crippen LogP contribution in [0.4, 0.5) is 0 Å². The van der Waals surface area contributed by atoms with Gasteiger partial charge in [0.1, 0.15) is 11.5 Å². The number of aromatic nitrogens is 1. The van der Waals surface area contributed by atoms with Crippen LogP contribution in [-0.4, -0.2) is 19.2 Å². The van der Waals surface area contributed by atoms with Crippen molar-refractivity contribution in [2.75, 3.05) is 14.2 Å². The first-order chi connectivity index (χ1) is 8.22. The first-order valence-electron chi connectivity index (χ1n) is 5.15. The third-order valence-corrected chi connectivity index (χ3v) is 2.44. The molecule has 2 aromatic rings. The summed E-state index contributed by atoms with van der Waals surface area (Å²) in [6.07, 6.45) is 1.61. The van der Waals surface area contributed by atoms with Gasteiger partial charge in [-0.2, -0.15) is 0 Å². The zero-order chi connectivity index (χ0) is 12.3. The molecular weight excluding hydrogens is 218 g/mol. The van der Waals surface area contributed by atoms with Gasteiger partial charge in [-0.3, -0.25) is 4.79 Å². The van der Waals surface area contributed by atoms with Crippen molar-refractivity contribution < 1.29 is 9.47 Å². The lowest BCUT2D eigenvalue weighted by molar-refractivity contribution is 0.394. The first kappa shape index (κ1) is 11.3. The van der Waals surface area contributed by atoms with Crippen LogP contribution in [0, 0.1) is 0 Å². The summed E-state index contributed by atoms with van der Waals surface area (Å²) in [5.41, 5.74) is 1.54. The van der Waals surface area contributed by atoms with Gasteiger partial charge in [-0.25, -0.2) is 0 Å². The van der Waals surface area contributed by atoms with E-state index in [4.69, 9.17) is 9.47 Å². The van der Waals surface area contributed by atoms with E-state index in [2.05, 4.69) is 4.98 Å². The number of hydrogen-bond acceptors (Lipinski definition) is 3. The molecule has 0 amide bonds. The predicted octanol–water partition coefficient (Wildman–Crippen LogP) is 2.06. The summed E-state index contributed by atoms with van der Waals surface area (Å²) in [6, 6.07) is 8.47. The second-order valence-electron chi connectivity index (χ2n) is 3.54. The van der Waals surface area contributed by atoms with Crippen LogP contribution in [-0.2, 0) is 0 Å². The predicted molar refractivity (Wildman–Crippen MR) is 65.6 cm³/mol. The largest absolute Gasteiger partial charge is 0.497 e. The van der Waals surface area contributed by atoms with Crippen LogP contribution >= 0.6 is 0 Å². The summed E-state index contributed by atoms with van der Waals surface area (Å²) in [6.45, 7) is 0. The van der Waals surface area contributed by atoms with Gasteiger partial charge in [-0.1, -0.05) is 0 Å². The fourth-order valence-electron chi connectivity index (χ4n) is 1.58. The average Bonchev–Trinajstić information content (AvgIpc) is 2.38. The zero-order valence-electron chi connectivity index (χ0n) is 9.69. The van der Waals surface area contributed by atoms with Crippen LogP contribution in [0.3, 0.4) is 0 Å². The van der Waals surface area contributed by atoms with Gasteiger partial charge in [-0.15, -0.1) is 0 Å². The Morgan fingerprint density at radius 1 is 1.00 bits per heavy atom. The molecule has 0 aliphatic rings. The number of nitrogens with one attached hydrogen (secondary N) is 1. The van der Waals surface area contributed by atoms with Crippen LogP contribution < -0.4 is 14.9 Å². The maximum Gasteiger partial charge on any atom is 0.182 e. The maximum atomic E-state index is 11.3. The maximum absolute atomic E-state index is 11.3. The number of H-pyrrole nitrogens is 1. The fraction of sp³-hybridized carbons (Fsp3) is 0.154. The number of aromatic amines is 1. The molecule has 0 aliphatic heterocycles. The van der Waals surface area contributed by atoms with E-state index < -0.39 is 0 Å². The van der Waals surface area contributed by atoms with Gasteiger partial charge < -0.3 is 14.5 Å². The van der Waals surface area contributed by atoms with Gasteiger partial charge in [0, 0.05) is 35.7 Å². The van der Waals surface area contributed by atoms with Crippen LogP contribution in [0.2, 0.25) is 0 Å². The normalized spacial score (nSPS) is 10.0. The molecular formula is C13H13NO3. The number of pyridine rings is 1. The molecule has 1 N–H and O–H groups in total. The van der Waals surface area contributed by atoms with Crippen molar-refractivity contribution in [3.8, 4) is 22.8 Å². The Hall–Kier alpha value is -2.23. The topological polar surface area (TPSA) is 51.3 Å². The van der Waals surface area contributed by atoms with Crippen LogP contribution in [0.15, 0.2) is 41.3 Å². The van der Waals surface area contributed by atoms with Gasteiger partial charge in [0.05, 0.1) is 14.2 Å². The molecule has 2 rings (SSSR count). The minimum atomic E-state index is -0.0412. The monoisotopic (exact) mass is 231 g/mol. The fourth-order valence-corrected chi connectivity index (χ4v) is 1.58. The van der Waals surface area contributed by atoms with Crippen molar-refractivity contribution in [2.24, 2.45) is 0 Å². The minimum absolute atomic E-state index is 0.0412. The number of benzene rings is 1. The summed E-state index contributed by atoms with van der Waals surface area (Å²) in [5.74, 6) is 1.37. The molecule has 0 spiro atoms. The molecule has 0 atom stereocenters. The average molecular weight is 231 g/mol. The molecule has 1 heterocycles. The summed E-state index contributed by atoms with van der Waals surface area (Å²) in [5, 5.41) is 0. The SMILES string of the molecule is COc1cc(OC)cc(-c2cc(=O)cc[nH]2)c1. The zero-order valence-corrected chi connectivity index (χ0v) is 9.69. The number of hydrogen-bond donors (Lipinski definition) is 1. The summed E-state index contributed by atoms with van der Waals surface area (Å²) in [4.78, 5) is 14.3. The number of methoxy groups -OCH3 is 2. The molecule has 0 bridgehead atoms. The molecule has 0 unspecified atom stereocenters. The Balaban J connectivity index is 2.54. The summed E-state index contributed by atoms with van der Waals surface area (Å²) >= 11 is 0. The third kappa shape index (κ3) is 2.47. The molecule has 0 saturated heterocycles. The van der Waals surface area contributed by atoms with Gasteiger partial charge in [0.15, 0.2) is 5.43 Å². The lowest BCUT2D eigenvalue weighted by atomic mass is 10.1. The lowest BCUT2D eigenvalue weighted by Crippen LogP contribution is -1.98. The quantitative estimate of drug-likeness (QED) is 0.879. The highest BCUT2D eigenvalue weighted by molar-refractivity contribution is 5.63. The van der Waals surface area contributed by atoms with Crippen molar-refractivity contribution in [1.29, 1.82) is 0 Å². The van der Waals surface area contributed by atoms with E-state index >= 15 is 0 Å². The molecule has 4 nitrogen and oxygen atoms in total. The first-order valence-corrected chi connectivity index (χ1v) is 5.15. The number of rotatable bonds is 3.